The van der Waals surface area contributed by atoms with Crippen molar-refractivity contribution in [1.82, 2.24) is 15.3 Å². The third-order valence-corrected chi connectivity index (χ3v) is 3.48. The fourth-order valence-electron chi connectivity index (χ4n) is 2.41. The van der Waals surface area contributed by atoms with Gasteiger partial charge in [0, 0.05) is 37.9 Å². The predicted octanol–water partition coefficient (Wildman–Crippen LogP) is 0.522. The summed E-state index contributed by atoms with van der Waals surface area (Å²) in [5.41, 5.74) is 5.95. The van der Waals surface area contributed by atoms with Crippen molar-refractivity contribution in [1.29, 1.82) is 0 Å². The number of rotatable bonds is 6. The highest BCUT2D eigenvalue weighted by molar-refractivity contribution is 5.76. The van der Waals surface area contributed by atoms with E-state index in [1.807, 2.05) is 0 Å². The SMILES string of the molecule is N[C@@H]1CCC[C@H]1CC(=O)NCCNc1cnccn1. The van der Waals surface area contributed by atoms with Crippen LogP contribution in [-0.4, -0.2) is 35.0 Å². The Kier molecular flexibility index (Phi) is 5.09. The van der Waals surface area contributed by atoms with Crippen LogP contribution in [-0.2, 0) is 4.79 Å². The molecule has 1 aromatic heterocycles. The molecule has 1 saturated carbocycles. The molecule has 2 atom stereocenters. The number of carbonyl (C=O) groups excluding carboxylic acids is 1. The van der Waals surface area contributed by atoms with E-state index in [4.69, 9.17) is 5.73 Å². The molecule has 19 heavy (non-hydrogen) atoms. The molecule has 1 amide bonds. The van der Waals surface area contributed by atoms with Crippen molar-refractivity contribution in [3.63, 3.8) is 0 Å². The molecule has 2 rings (SSSR count). The summed E-state index contributed by atoms with van der Waals surface area (Å²) in [6, 6.07) is 0.198. The van der Waals surface area contributed by atoms with Crippen molar-refractivity contribution in [3.05, 3.63) is 18.6 Å². The van der Waals surface area contributed by atoms with Crippen molar-refractivity contribution in [2.75, 3.05) is 18.4 Å². The molecule has 104 valence electrons. The molecule has 6 nitrogen and oxygen atoms in total. The van der Waals surface area contributed by atoms with Gasteiger partial charge in [-0.2, -0.15) is 0 Å². The minimum absolute atomic E-state index is 0.0864. The number of nitrogens with zero attached hydrogens (tertiary/aromatic N) is 2. The zero-order valence-corrected chi connectivity index (χ0v) is 11.0. The second kappa shape index (κ2) is 7.04. The molecule has 1 aliphatic carbocycles. The fraction of sp³-hybridized carbons (Fsp3) is 0.615. The summed E-state index contributed by atoms with van der Waals surface area (Å²) in [4.78, 5) is 19.8. The van der Waals surface area contributed by atoms with Crippen LogP contribution in [0.25, 0.3) is 0 Å². The fourth-order valence-corrected chi connectivity index (χ4v) is 2.41. The molecule has 6 heteroatoms. The van der Waals surface area contributed by atoms with Gasteiger partial charge in [-0.3, -0.25) is 9.78 Å². The lowest BCUT2D eigenvalue weighted by Gasteiger charge is -2.14. The lowest BCUT2D eigenvalue weighted by molar-refractivity contribution is -0.122. The number of amides is 1. The van der Waals surface area contributed by atoms with Gasteiger partial charge in [0.05, 0.1) is 6.20 Å². The van der Waals surface area contributed by atoms with E-state index in [0.717, 1.165) is 25.1 Å². The van der Waals surface area contributed by atoms with E-state index in [1.165, 1.54) is 0 Å². The molecule has 1 fully saturated rings. The van der Waals surface area contributed by atoms with E-state index in [9.17, 15) is 4.79 Å². The van der Waals surface area contributed by atoms with Gasteiger partial charge in [-0.1, -0.05) is 6.42 Å². The molecule has 0 saturated heterocycles. The van der Waals surface area contributed by atoms with Gasteiger partial charge in [0.1, 0.15) is 5.82 Å². The van der Waals surface area contributed by atoms with Crippen molar-refractivity contribution in [3.8, 4) is 0 Å². The van der Waals surface area contributed by atoms with E-state index >= 15 is 0 Å². The quantitative estimate of drug-likeness (QED) is 0.651. The first-order valence-corrected chi connectivity index (χ1v) is 6.78. The zero-order chi connectivity index (χ0) is 13.5. The minimum Gasteiger partial charge on any atom is -0.367 e. The van der Waals surface area contributed by atoms with Gasteiger partial charge in [0.2, 0.25) is 5.91 Å². The first-order valence-electron chi connectivity index (χ1n) is 6.78. The molecule has 1 aliphatic rings. The van der Waals surface area contributed by atoms with Gasteiger partial charge in [-0.05, 0) is 18.8 Å². The van der Waals surface area contributed by atoms with Crippen LogP contribution in [0.4, 0.5) is 5.82 Å². The highest BCUT2D eigenvalue weighted by Gasteiger charge is 2.25. The molecule has 1 heterocycles. The topological polar surface area (TPSA) is 92.9 Å². The summed E-state index contributed by atoms with van der Waals surface area (Å²) in [5, 5.41) is 5.98. The second-order valence-electron chi connectivity index (χ2n) is 4.93. The van der Waals surface area contributed by atoms with Gasteiger partial charge < -0.3 is 16.4 Å². The number of nitrogens with one attached hydrogen (secondary N) is 2. The normalized spacial score (nSPS) is 22.2. The molecule has 0 spiro atoms. The lowest BCUT2D eigenvalue weighted by atomic mass is 10.00. The highest BCUT2D eigenvalue weighted by atomic mass is 16.1. The number of nitrogens with two attached hydrogens (primary N) is 1. The Hall–Kier alpha value is -1.69. The predicted molar refractivity (Wildman–Crippen MR) is 73.5 cm³/mol. The third kappa shape index (κ3) is 4.48. The lowest BCUT2D eigenvalue weighted by Crippen LogP contribution is -2.33. The van der Waals surface area contributed by atoms with Gasteiger partial charge in [0.25, 0.3) is 0 Å². The first kappa shape index (κ1) is 13.7. The molecule has 0 unspecified atom stereocenters. The summed E-state index contributed by atoms with van der Waals surface area (Å²) in [7, 11) is 0. The number of hydrogen-bond donors (Lipinski definition) is 3. The van der Waals surface area contributed by atoms with Crippen molar-refractivity contribution >= 4 is 11.7 Å². The van der Waals surface area contributed by atoms with Crippen LogP contribution in [0, 0.1) is 5.92 Å². The molecule has 1 aromatic rings. The Balaban J connectivity index is 1.59. The third-order valence-electron chi connectivity index (χ3n) is 3.48. The van der Waals surface area contributed by atoms with E-state index in [0.29, 0.717) is 25.4 Å². The summed E-state index contributed by atoms with van der Waals surface area (Å²) in [6.45, 7) is 1.22. The molecule has 4 N–H and O–H groups in total. The van der Waals surface area contributed by atoms with Gasteiger partial charge in [-0.15, -0.1) is 0 Å². The van der Waals surface area contributed by atoms with E-state index in [-0.39, 0.29) is 11.9 Å². The van der Waals surface area contributed by atoms with Crippen molar-refractivity contribution in [2.45, 2.75) is 31.7 Å². The Bertz CT molecular complexity index is 397. The molecular weight excluding hydrogens is 242 g/mol. The number of aromatic nitrogens is 2. The molecule has 0 bridgehead atoms. The minimum atomic E-state index is 0.0864. The maximum atomic E-state index is 11.7. The molecule has 0 aromatic carbocycles. The van der Waals surface area contributed by atoms with Crippen molar-refractivity contribution < 1.29 is 4.79 Å². The van der Waals surface area contributed by atoms with E-state index in [2.05, 4.69) is 20.6 Å². The summed E-state index contributed by atoms with van der Waals surface area (Å²) in [5.74, 6) is 1.16. The zero-order valence-electron chi connectivity index (χ0n) is 11.0. The Morgan fingerprint density at radius 1 is 1.37 bits per heavy atom. The van der Waals surface area contributed by atoms with Crippen LogP contribution in [0.3, 0.4) is 0 Å². The number of anilines is 1. The summed E-state index contributed by atoms with van der Waals surface area (Å²) < 4.78 is 0. The van der Waals surface area contributed by atoms with Gasteiger partial charge in [0.15, 0.2) is 0 Å². The monoisotopic (exact) mass is 263 g/mol. The average molecular weight is 263 g/mol. The maximum Gasteiger partial charge on any atom is 0.220 e. The molecule has 0 aliphatic heterocycles. The van der Waals surface area contributed by atoms with Crippen LogP contribution in [0.1, 0.15) is 25.7 Å². The van der Waals surface area contributed by atoms with Crippen LogP contribution in [0.15, 0.2) is 18.6 Å². The Morgan fingerprint density at radius 2 is 2.26 bits per heavy atom. The van der Waals surface area contributed by atoms with E-state index in [1.54, 1.807) is 18.6 Å². The number of carbonyl (C=O) groups is 1. The Labute approximate surface area is 113 Å². The van der Waals surface area contributed by atoms with Crippen LogP contribution in [0.2, 0.25) is 0 Å². The average Bonchev–Trinajstić information content (AvgIpc) is 2.82. The van der Waals surface area contributed by atoms with E-state index < -0.39 is 0 Å². The molecule has 0 radical (unpaired) electrons. The van der Waals surface area contributed by atoms with Crippen LogP contribution >= 0.6 is 0 Å². The smallest absolute Gasteiger partial charge is 0.220 e. The summed E-state index contributed by atoms with van der Waals surface area (Å²) >= 11 is 0. The Morgan fingerprint density at radius 3 is 2.95 bits per heavy atom. The van der Waals surface area contributed by atoms with Crippen molar-refractivity contribution in [2.24, 2.45) is 11.7 Å². The summed E-state index contributed by atoms with van der Waals surface area (Å²) in [6.07, 6.45) is 8.72. The largest absolute Gasteiger partial charge is 0.367 e. The highest BCUT2D eigenvalue weighted by Crippen LogP contribution is 2.26. The second-order valence-corrected chi connectivity index (χ2v) is 4.93. The molecular formula is C13H21N5O. The first-order chi connectivity index (χ1) is 9.25. The van der Waals surface area contributed by atoms with Gasteiger partial charge in [-0.25, -0.2) is 4.98 Å². The van der Waals surface area contributed by atoms with Crippen LogP contribution in [0.5, 0.6) is 0 Å². The maximum absolute atomic E-state index is 11.7. The standard InChI is InChI=1S/C13H21N5O/c14-11-3-1-2-10(11)8-13(19)18-7-6-17-12-9-15-4-5-16-12/h4-5,9-11H,1-3,6-8,14H2,(H,16,17)(H,18,19)/t10-,11+/m0/s1. The van der Waals surface area contributed by atoms with Gasteiger partial charge >= 0.3 is 0 Å². The number of hydrogen-bond acceptors (Lipinski definition) is 5. The van der Waals surface area contributed by atoms with Crippen LogP contribution < -0.4 is 16.4 Å².